The summed E-state index contributed by atoms with van der Waals surface area (Å²) in [7, 11) is 2.14. The first kappa shape index (κ1) is 28.7. The van der Waals surface area contributed by atoms with E-state index < -0.39 is 8.07 Å². The van der Waals surface area contributed by atoms with Crippen LogP contribution in [0.2, 0.25) is 25.7 Å². The zero-order valence-corrected chi connectivity index (χ0v) is 26.1. The van der Waals surface area contributed by atoms with Gasteiger partial charge in [0.1, 0.15) is 32.3 Å². The summed E-state index contributed by atoms with van der Waals surface area (Å²) in [5.74, 6) is 2.48. The Morgan fingerprint density at radius 1 is 1.00 bits per heavy atom. The van der Waals surface area contributed by atoms with Crippen molar-refractivity contribution in [3.8, 4) is 34.4 Å². The van der Waals surface area contributed by atoms with Crippen LogP contribution < -0.4 is 24.3 Å². The van der Waals surface area contributed by atoms with Gasteiger partial charge in [-0.05, 0) is 35.9 Å². The highest BCUT2D eigenvalue weighted by Crippen LogP contribution is 2.39. The van der Waals surface area contributed by atoms with E-state index >= 15 is 0 Å². The molecule has 224 valence electrons. The van der Waals surface area contributed by atoms with E-state index in [1.807, 2.05) is 28.8 Å². The second-order valence-electron chi connectivity index (χ2n) is 11.6. The van der Waals surface area contributed by atoms with Gasteiger partial charge < -0.3 is 33.6 Å². The zero-order chi connectivity index (χ0) is 30.0. The molecule has 11 nitrogen and oxygen atoms in total. The molecular weight excluding hydrogens is 564 g/mol. The molecule has 12 heteroatoms. The van der Waals surface area contributed by atoms with Crippen molar-refractivity contribution < 1.29 is 23.7 Å². The maximum Gasteiger partial charge on any atom is 0.257 e. The number of methoxy groups -OCH3 is 1. The lowest BCUT2D eigenvalue weighted by Crippen LogP contribution is -2.22. The number of nitrogens with zero attached hydrogens (tertiary/aromatic N) is 5. The van der Waals surface area contributed by atoms with E-state index in [4.69, 9.17) is 33.7 Å². The van der Waals surface area contributed by atoms with Gasteiger partial charge in [0.2, 0.25) is 11.8 Å². The topological polar surface area (TPSA) is 115 Å². The first-order chi connectivity index (χ1) is 20.8. The molecule has 5 heterocycles. The summed E-state index contributed by atoms with van der Waals surface area (Å²) >= 11 is 0. The Balaban J connectivity index is 1.51. The Morgan fingerprint density at radius 3 is 2.67 bits per heavy atom. The Morgan fingerprint density at radius 2 is 1.86 bits per heavy atom. The summed E-state index contributed by atoms with van der Waals surface area (Å²) in [5.41, 5.74) is 4.21. The number of hydrogen-bond donors (Lipinski definition) is 1. The van der Waals surface area contributed by atoms with E-state index in [1.165, 1.54) is 0 Å². The molecule has 0 saturated carbocycles. The van der Waals surface area contributed by atoms with Crippen molar-refractivity contribution in [3.05, 3.63) is 54.5 Å². The lowest BCUT2D eigenvalue weighted by atomic mass is 10.0. The average Bonchev–Trinajstić information content (AvgIpc) is 3.37. The third kappa shape index (κ3) is 6.35. The maximum atomic E-state index is 6.39. The van der Waals surface area contributed by atoms with Gasteiger partial charge in [-0.1, -0.05) is 25.7 Å². The molecule has 1 aliphatic heterocycles. The molecule has 0 spiro atoms. The van der Waals surface area contributed by atoms with Gasteiger partial charge in [-0.25, -0.2) is 4.98 Å². The molecule has 0 fully saturated rings. The van der Waals surface area contributed by atoms with Gasteiger partial charge in [-0.2, -0.15) is 9.97 Å². The maximum absolute atomic E-state index is 6.39. The minimum Gasteiger partial charge on any atom is -0.488 e. The summed E-state index contributed by atoms with van der Waals surface area (Å²) in [4.78, 5) is 18.6. The Hall–Kier alpha value is -4.42. The minimum absolute atomic E-state index is 0.244. The average molecular weight is 601 g/mol. The molecule has 1 aliphatic rings. The minimum atomic E-state index is -1.24. The molecule has 5 bridgehead atoms. The summed E-state index contributed by atoms with van der Waals surface area (Å²) in [6.07, 6.45) is 5.47. The van der Waals surface area contributed by atoms with Crippen molar-refractivity contribution in [2.75, 3.05) is 39.3 Å². The van der Waals surface area contributed by atoms with Crippen LogP contribution in [0.5, 0.6) is 23.3 Å². The number of hydrogen-bond acceptors (Lipinski definition) is 10. The van der Waals surface area contributed by atoms with Gasteiger partial charge in [0.25, 0.3) is 5.88 Å². The smallest absolute Gasteiger partial charge is 0.257 e. The van der Waals surface area contributed by atoms with Crippen molar-refractivity contribution >= 4 is 36.0 Å². The third-order valence-corrected chi connectivity index (χ3v) is 8.84. The number of fused-ring (bicyclic) bond motifs is 5. The fraction of sp³-hybridized carbons (Fsp3) is 0.355. The van der Waals surface area contributed by atoms with Crippen LogP contribution in [-0.2, 0) is 18.1 Å². The van der Waals surface area contributed by atoms with Crippen molar-refractivity contribution in [1.82, 2.24) is 24.5 Å². The van der Waals surface area contributed by atoms with E-state index in [-0.39, 0.29) is 6.61 Å². The number of rotatable bonds is 7. The van der Waals surface area contributed by atoms with E-state index in [0.29, 0.717) is 61.4 Å². The number of aromatic nitrogens is 5. The largest absolute Gasteiger partial charge is 0.488 e. The fourth-order valence-electron chi connectivity index (χ4n) is 4.87. The lowest BCUT2D eigenvalue weighted by Gasteiger charge is -2.15. The van der Waals surface area contributed by atoms with E-state index in [1.54, 1.807) is 26.6 Å². The number of benzene rings is 1. The Bertz CT molecular complexity index is 1770. The molecule has 5 aromatic rings. The predicted molar refractivity (Wildman–Crippen MR) is 168 cm³/mol. The van der Waals surface area contributed by atoms with E-state index in [0.717, 1.165) is 39.0 Å². The SMILES string of the molecule is CNc1nc2c3c(cn(COCC[Si](C)(C)C)c3n1)-c1ccc3nc(OC)c(cc3c1)OCCOc1cncc(c1)CO2. The zero-order valence-electron chi connectivity index (χ0n) is 25.1. The standard InChI is InChI=1S/C31H36N6O5Si/c1-32-31-35-28-27-24(17-37(28)19-39-10-11-43(3,4)5)21-6-7-25-22(13-21)14-26(29(34-25)38-2)41-9-8-40-23-12-20(15-33-16-23)18-42-30(27)36-31/h6-7,12-17H,8-11,18-19H2,1-5H3,(H,32,35,36). The van der Waals surface area contributed by atoms with Crippen LogP contribution in [0, 0.1) is 0 Å². The van der Waals surface area contributed by atoms with Crippen molar-refractivity contribution in [2.45, 2.75) is 39.0 Å². The normalized spacial score (nSPS) is 13.4. The lowest BCUT2D eigenvalue weighted by molar-refractivity contribution is 0.0899. The summed E-state index contributed by atoms with van der Waals surface area (Å²) in [6.45, 7) is 8.95. The molecule has 0 amide bonds. The number of ether oxygens (including phenoxy) is 5. The van der Waals surface area contributed by atoms with Crippen molar-refractivity contribution in [1.29, 1.82) is 0 Å². The van der Waals surface area contributed by atoms with Gasteiger partial charge in [-0.15, -0.1) is 0 Å². The highest BCUT2D eigenvalue weighted by atomic mass is 28.3. The van der Waals surface area contributed by atoms with E-state index in [2.05, 4.69) is 47.2 Å². The summed E-state index contributed by atoms with van der Waals surface area (Å²) in [6, 6.07) is 11.0. The Labute approximate surface area is 251 Å². The third-order valence-electron chi connectivity index (χ3n) is 7.14. The van der Waals surface area contributed by atoms with Gasteiger partial charge in [0, 0.05) is 50.6 Å². The van der Waals surface area contributed by atoms with Gasteiger partial charge >= 0.3 is 0 Å². The van der Waals surface area contributed by atoms with Crippen LogP contribution in [0.25, 0.3) is 33.1 Å². The monoisotopic (exact) mass is 600 g/mol. The molecule has 0 unspecified atom stereocenters. The van der Waals surface area contributed by atoms with Crippen LogP contribution in [0.1, 0.15) is 5.56 Å². The highest BCUT2D eigenvalue weighted by Gasteiger charge is 2.21. The van der Waals surface area contributed by atoms with Gasteiger partial charge in [0.05, 0.1) is 24.2 Å². The number of nitrogens with one attached hydrogen (secondary N) is 1. The second-order valence-corrected chi connectivity index (χ2v) is 17.2. The summed E-state index contributed by atoms with van der Waals surface area (Å²) in [5, 5.41) is 4.76. The van der Waals surface area contributed by atoms with Gasteiger partial charge in [-0.3, -0.25) is 4.98 Å². The number of pyridine rings is 2. The van der Waals surface area contributed by atoms with Crippen molar-refractivity contribution in [2.24, 2.45) is 0 Å². The van der Waals surface area contributed by atoms with E-state index in [9.17, 15) is 0 Å². The first-order valence-electron chi connectivity index (χ1n) is 14.3. The van der Waals surface area contributed by atoms with Crippen LogP contribution in [0.15, 0.2) is 48.9 Å². The fourth-order valence-corrected chi connectivity index (χ4v) is 5.63. The van der Waals surface area contributed by atoms with Crippen LogP contribution in [0.4, 0.5) is 5.95 Å². The van der Waals surface area contributed by atoms with Crippen LogP contribution >= 0.6 is 0 Å². The van der Waals surface area contributed by atoms with Gasteiger partial charge in [0.15, 0.2) is 11.4 Å². The number of anilines is 1. The highest BCUT2D eigenvalue weighted by molar-refractivity contribution is 6.76. The molecular formula is C31H36N6O5Si. The molecule has 1 aromatic carbocycles. The summed E-state index contributed by atoms with van der Waals surface area (Å²) < 4.78 is 32.1. The molecule has 4 aromatic heterocycles. The predicted octanol–water partition coefficient (Wildman–Crippen LogP) is 5.75. The molecule has 0 aliphatic carbocycles. The molecule has 6 rings (SSSR count). The second kappa shape index (κ2) is 12.1. The molecule has 1 N–H and O–H groups in total. The molecule has 0 radical (unpaired) electrons. The van der Waals surface area contributed by atoms with Crippen LogP contribution in [0.3, 0.4) is 0 Å². The first-order valence-corrected chi connectivity index (χ1v) is 18.0. The van der Waals surface area contributed by atoms with Crippen LogP contribution in [-0.4, -0.2) is 66.6 Å². The Kier molecular flexibility index (Phi) is 8.04. The molecule has 0 saturated heterocycles. The molecule has 0 atom stereocenters. The van der Waals surface area contributed by atoms with Crippen molar-refractivity contribution in [3.63, 3.8) is 0 Å². The quantitative estimate of drug-likeness (QED) is 0.183. The molecule has 43 heavy (non-hydrogen) atoms.